The Morgan fingerprint density at radius 3 is 2.41 bits per heavy atom. The molecule has 2 unspecified atom stereocenters. The predicted octanol–water partition coefficient (Wildman–Crippen LogP) is 1.12. The molecule has 0 aromatic heterocycles. The molecule has 3 rings (SSSR count). The smallest absolute Gasteiger partial charge is 0.267 e. The fraction of sp³-hybridized carbons (Fsp3) is 0.320. The van der Waals surface area contributed by atoms with Gasteiger partial charge in [-0.05, 0) is 62.2 Å². The zero-order chi connectivity index (χ0) is 24.5. The number of nitrogens with one attached hydrogen (secondary N) is 4. The number of carbonyl (C=O) groups is 3. The molecular formula is C25H29N5O4. The molecule has 0 radical (unpaired) electrons. The molecule has 0 aliphatic heterocycles. The maximum absolute atomic E-state index is 12.5. The summed E-state index contributed by atoms with van der Waals surface area (Å²) in [6, 6.07) is 12.5. The van der Waals surface area contributed by atoms with Crippen LogP contribution in [-0.2, 0) is 9.59 Å². The van der Waals surface area contributed by atoms with Crippen molar-refractivity contribution in [3.63, 3.8) is 0 Å². The van der Waals surface area contributed by atoms with Crippen LogP contribution < -0.4 is 27.2 Å². The molecule has 178 valence electrons. The first-order chi connectivity index (χ1) is 16.4. The Morgan fingerprint density at radius 2 is 1.79 bits per heavy atom. The monoisotopic (exact) mass is 463 g/mol. The van der Waals surface area contributed by atoms with Crippen LogP contribution in [0.2, 0.25) is 0 Å². The fourth-order valence-corrected chi connectivity index (χ4v) is 3.30. The van der Waals surface area contributed by atoms with E-state index in [0.29, 0.717) is 29.4 Å². The highest BCUT2D eigenvalue weighted by Crippen LogP contribution is 2.17. The van der Waals surface area contributed by atoms with E-state index in [2.05, 4.69) is 27.8 Å². The Labute approximate surface area is 198 Å². The summed E-state index contributed by atoms with van der Waals surface area (Å²) in [6.07, 6.45) is 3.47. The maximum Gasteiger partial charge on any atom is 0.267 e. The van der Waals surface area contributed by atoms with Crippen molar-refractivity contribution in [3.8, 4) is 11.8 Å². The summed E-state index contributed by atoms with van der Waals surface area (Å²) >= 11 is 0. The number of amides is 3. The first-order valence-corrected chi connectivity index (χ1v) is 11.1. The second kappa shape index (κ2) is 12.0. The maximum atomic E-state index is 12.5. The van der Waals surface area contributed by atoms with Crippen LogP contribution in [0.3, 0.4) is 0 Å². The van der Waals surface area contributed by atoms with Crippen molar-refractivity contribution in [1.82, 2.24) is 16.1 Å². The molecule has 3 amide bonds. The number of nitrogens with two attached hydrogens (primary N) is 1. The molecule has 2 atom stereocenters. The summed E-state index contributed by atoms with van der Waals surface area (Å²) in [7, 11) is 0. The lowest BCUT2D eigenvalue weighted by Crippen LogP contribution is -2.54. The number of hydrogen-bond acceptors (Lipinski definition) is 6. The Balaban J connectivity index is 1.59. The third kappa shape index (κ3) is 7.15. The third-order valence-electron chi connectivity index (χ3n) is 5.51. The molecule has 1 aliphatic rings. The number of anilines is 1. The standard InChI is InChI=1S/C25H29N5O4/c1-16(26)23(25(33)30-34)29-24(32)19-5-2-4-18(14-19)9-8-17-10-12-21(13-11-17)28-22(31)15-27-20-6-3-7-20/h2,4-5,10-14,16,20,23,27,34H,3,6-7,15,26H2,1H3,(H,28,31)(H,29,32)(H,30,33). The van der Waals surface area contributed by atoms with Crippen molar-refractivity contribution in [2.75, 3.05) is 11.9 Å². The Morgan fingerprint density at radius 1 is 1.09 bits per heavy atom. The molecule has 1 aliphatic carbocycles. The van der Waals surface area contributed by atoms with Crippen LogP contribution in [-0.4, -0.2) is 47.6 Å². The van der Waals surface area contributed by atoms with Crippen molar-refractivity contribution in [2.24, 2.45) is 5.73 Å². The zero-order valence-electron chi connectivity index (χ0n) is 18.9. The highest BCUT2D eigenvalue weighted by Gasteiger charge is 2.24. The van der Waals surface area contributed by atoms with Crippen molar-refractivity contribution in [1.29, 1.82) is 0 Å². The lowest BCUT2D eigenvalue weighted by molar-refractivity contribution is -0.131. The molecule has 7 N–H and O–H groups in total. The van der Waals surface area contributed by atoms with Gasteiger partial charge in [0.25, 0.3) is 11.8 Å². The molecule has 2 aromatic carbocycles. The minimum Gasteiger partial charge on any atom is -0.339 e. The van der Waals surface area contributed by atoms with E-state index in [-0.39, 0.29) is 5.91 Å². The van der Waals surface area contributed by atoms with E-state index in [9.17, 15) is 14.4 Å². The van der Waals surface area contributed by atoms with Crippen LogP contribution in [0.5, 0.6) is 0 Å². The van der Waals surface area contributed by atoms with Gasteiger partial charge in [-0.15, -0.1) is 0 Å². The summed E-state index contributed by atoms with van der Waals surface area (Å²) in [5.74, 6) is 4.64. The number of carbonyl (C=O) groups excluding carboxylic acids is 3. The normalized spacial score (nSPS) is 14.6. The molecule has 2 aromatic rings. The summed E-state index contributed by atoms with van der Waals surface area (Å²) in [6.45, 7) is 1.84. The van der Waals surface area contributed by atoms with Gasteiger partial charge in [-0.2, -0.15) is 0 Å². The summed E-state index contributed by atoms with van der Waals surface area (Å²) in [4.78, 5) is 36.2. The fourth-order valence-electron chi connectivity index (χ4n) is 3.30. The number of hydrogen-bond donors (Lipinski definition) is 6. The van der Waals surface area contributed by atoms with Gasteiger partial charge in [-0.1, -0.05) is 24.3 Å². The van der Waals surface area contributed by atoms with Gasteiger partial charge in [0, 0.05) is 34.5 Å². The van der Waals surface area contributed by atoms with Gasteiger partial charge >= 0.3 is 0 Å². The molecule has 0 bridgehead atoms. The van der Waals surface area contributed by atoms with E-state index in [1.54, 1.807) is 55.5 Å². The molecule has 9 heteroatoms. The van der Waals surface area contributed by atoms with Crippen LogP contribution in [0.1, 0.15) is 47.7 Å². The zero-order valence-corrected chi connectivity index (χ0v) is 18.9. The van der Waals surface area contributed by atoms with Crippen LogP contribution in [0.4, 0.5) is 5.69 Å². The molecule has 9 nitrogen and oxygen atoms in total. The summed E-state index contributed by atoms with van der Waals surface area (Å²) in [5.41, 5.74) is 9.57. The average molecular weight is 464 g/mol. The Kier molecular flexibility index (Phi) is 8.76. The third-order valence-corrected chi connectivity index (χ3v) is 5.51. The lowest BCUT2D eigenvalue weighted by Gasteiger charge is -2.26. The largest absolute Gasteiger partial charge is 0.339 e. The summed E-state index contributed by atoms with van der Waals surface area (Å²) in [5, 5.41) is 17.4. The summed E-state index contributed by atoms with van der Waals surface area (Å²) < 4.78 is 0. The Bertz CT molecular complexity index is 1080. The van der Waals surface area contributed by atoms with Crippen molar-refractivity contribution in [3.05, 3.63) is 65.2 Å². The molecule has 0 spiro atoms. The minimum absolute atomic E-state index is 0.0800. The van der Waals surface area contributed by atoms with Gasteiger partial charge < -0.3 is 21.7 Å². The molecule has 1 fully saturated rings. The van der Waals surface area contributed by atoms with Gasteiger partial charge in [0.05, 0.1) is 6.54 Å². The van der Waals surface area contributed by atoms with Gasteiger partial charge in [0.15, 0.2) is 0 Å². The number of rotatable bonds is 8. The SMILES string of the molecule is CC(N)C(NC(=O)c1cccc(C#Cc2ccc(NC(=O)CNC3CCC3)cc2)c1)C(=O)NO. The first-order valence-electron chi connectivity index (χ1n) is 11.1. The second-order valence-electron chi connectivity index (χ2n) is 8.25. The van der Waals surface area contributed by atoms with Crippen LogP contribution in [0, 0.1) is 11.8 Å². The van der Waals surface area contributed by atoms with Gasteiger partial charge in [0.1, 0.15) is 6.04 Å². The number of benzene rings is 2. The average Bonchev–Trinajstić information content (AvgIpc) is 2.80. The van der Waals surface area contributed by atoms with Crippen molar-refractivity contribution in [2.45, 2.75) is 44.3 Å². The van der Waals surface area contributed by atoms with Crippen molar-refractivity contribution >= 4 is 23.4 Å². The minimum atomic E-state index is -1.08. The quantitative estimate of drug-likeness (QED) is 0.197. The van der Waals surface area contributed by atoms with Gasteiger partial charge in [0.2, 0.25) is 5.91 Å². The highest BCUT2D eigenvalue weighted by molar-refractivity contribution is 5.98. The van der Waals surface area contributed by atoms with E-state index in [4.69, 9.17) is 10.9 Å². The molecule has 0 heterocycles. The van der Waals surface area contributed by atoms with Crippen LogP contribution >= 0.6 is 0 Å². The first kappa shape index (κ1) is 24.9. The topological polar surface area (TPSA) is 146 Å². The molecule has 1 saturated carbocycles. The number of hydroxylamine groups is 1. The van der Waals surface area contributed by atoms with Gasteiger partial charge in [-0.25, -0.2) is 5.48 Å². The predicted molar refractivity (Wildman–Crippen MR) is 128 cm³/mol. The van der Waals surface area contributed by atoms with Crippen LogP contribution in [0.15, 0.2) is 48.5 Å². The van der Waals surface area contributed by atoms with E-state index in [1.807, 2.05) is 0 Å². The molecule has 0 saturated heterocycles. The molecule has 34 heavy (non-hydrogen) atoms. The lowest BCUT2D eigenvalue weighted by atomic mass is 9.93. The Hall–Kier alpha value is -3.71. The van der Waals surface area contributed by atoms with Crippen LogP contribution in [0.25, 0.3) is 0 Å². The van der Waals surface area contributed by atoms with Gasteiger partial charge in [-0.3, -0.25) is 19.6 Å². The van der Waals surface area contributed by atoms with E-state index in [0.717, 1.165) is 18.4 Å². The second-order valence-corrected chi connectivity index (χ2v) is 8.25. The van der Waals surface area contributed by atoms with E-state index in [1.165, 1.54) is 11.9 Å². The highest BCUT2D eigenvalue weighted by atomic mass is 16.5. The van der Waals surface area contributed by atoms with Crippen molar-refractivity contribution < 1.29 is 19.6 Å². The molecular weight excluding hydrogens is 434 g/mol. The van der Waals surface area contributed by atoms with E-state index >= 15 is 0 Å². The van der Waals surface area contributed by atoms with E-state index < -0.39 is 23.9 Å².